The van der Waals surface area contributed by atoms with Crippen LogP contribution in [0.1, 0.15) is 13.8 Å². The van der Waals surface area contributed by atoms with E-state index in [0.717, 1.165) is 38.7 Å². The highest BCUT2D eigenvalue weighted by molar-refractivity contribution is 5.86. The second-order valence-electron chi connectivity index (χ2n) is 5.82. The molecule has 1 amide bonds. The third-order valence-electron chi connectivity index (χ3n) is 4.14. The van der Waals surface area contributed by atoms with Crippen LogP contribution in [0, 0.1) is 5.92 Å². The van der Waals surface area contributed by atoms with E-state index in [-0.39, 0.29) is 55.1 Å². The minimum Gasteiger partial charge on any atom is -0.355 e. The number of piperazine rings is 1. The molecule has 0 bridgehead atoms. The molecule has 0 spiro atoms. The van der Waals surface area contributed by atoms with Crippen LogP contribution >= 0.6 is 37.2 Å². The van der Waals surface area contributed by atoms with Gasteiger partial charge in [-0.3, -0.25) is 9.69 Å². The van der Waals surface area contributed by atoms with E-state index in [1.165, 1.54) is 0 Å². The van der Waals surface area contributed by atoms with Crippen LogP contribution in [-0.2, 0) is 4.79 Å². The Kier molecular flexibility index (Phi) is 14.1. The molecular weight excluding hydrogens is 387 g/mol. The molecule has 2 unspecified atom stereocenters. The number of carbonyl (C=O) groups excluding carboxylic acids is 1. The fourth-order valence-corrected chi connectivity index (χ4v) is 2.36. The molecule has 25 heavy (non-hydrogen) atoms. The first-order valence-electron chi connectivity index (χ1n) is 7.85. The summed E-state index contributed by atoms with van der Waals surface area (Å²) < 4.78 is 0. The summed E-state index contributed by atoms with van der Waals surface area (Å²) in [6, 6.07) is 1.71. The van der Waals surface area contributed by atoms with Gasteiger partial charge in [0.25, 0.3) is 0 Å². The molecule has 1 aliphatic rings. The van der Waals surface area contributed by atoms with Gasteiger partial charge in [-0.1, -0.05) is 6.92 Å². The summed E-state index contributed by atoms with van der Waals surface area (Å²) in [5.41, 5.74) is 5.73. The molecule has 0 aromatic carbocycles. The van der Waals surface area contributed by atoms with E-state index >= 15 is 0 Å². The largest absolute Gasteiger partial charge is 0.355 e. The zero-order chi connectivity index (χ0) is 15.9. The van der Waals surface area contributed by atoms with Crippen LogP contribution in [0.3, 0.4) is 0 Å². The van der Waals surface area contributed by atoms with Crippen LogP contribution in [0.25, 0.3) is 0 Å². The van der Waals surface area contributed by atoms with Gasteiger partial charge in [-0.15, -0.1) is 37.2 Å². The van der Waals surface area contributed by atoms with Crippen LogP contribution in [0.4, 0.5) is 5.95 Å². The van der Waals surface area contributed by atoms with Gasteiger partial charge >= 0.3 is 0 Å². The molecular formula is C15H29Cl3N6O. The van der Waals surface area contributed by atoms with Crippen LogP contribution in [-0.4, -0.2) is 66.1 Å². The molecule has 1 saturated heterocycles. The Morgan fingerprint density at radius 2 is 1.72 bits per heavy atom. The van der Waals surface area contributed by atoms with Crippen LogP contribution in [0.2, 0.25) is 0 Å². The van der Waals surface area contributed by atoms with E-state index < -0.39 is 0 Å². The summed E-state index contributed by atoms with van der Waals surface area (Å²) in [4.78, 5) is 24.9. The van der Waals surface area contributed by atoms with E-state index in [9.17, 15) is 4.79 Å². The molecule has 7 nitrogen and oxygen atoms in total. The van der Waals surface area contributed by atoms with Crippen molar-refractivity contribution in [2.24, 2.45) is 11.7 Å². The van der Waals surface area contributed by atoms with Gasteiger partial charge in [-0.05, 0) is 13.0 Å². The number of halogens is 3. The Bertz CT molecular complexity index is 472. The van der Waals surface area contributed by atoms with Crippen molar-refractivity contribution in [3.05, 3.63) is 18.5 Å². The van der Waals surface area contributed by atoms with Gasteiger partial charge in [0.15, 0.2) is 0 Å². The normalized spacial score (nSPS) is 16.5. The summed E-state index contributed by atoms with van der Waals surface area (Å²) in [5, 5.41) is 2.96. The van der Waals surface area contributed by atoms with Crippen molar-refractivity contribution in [1.29, 1.82) is 0 Å². The summed E-state index contributed by atoms with van der Waals surface area (Å²) in [5.74, 6) is 0.680. The van der Waals surface area contributed by atoms with Crippen molar-refractivity contribution < 1.29 is 4.79 Å². The molecule has 146 valence electrons. The van der Waals surface area contributed by atoms with Gasteiger partial charge in [0, 0.05) is 63.6 Å². The third kappa shape index (κ3) is 8.37. The summed E-state index contributed by atoms with van der Waals surface area (Å²) in [7, 11) is 0. The molecule has 0 aliphatic carbocycles. The van der Waals surface area contributed by atoms with E-state index in [1.54, 1.807) is 12.4 Å². The number of aromatic nitrogens is 2. The highest BCUT2D eigenvalue weighted by Crippen LogP contribution is 2.09. The molecule has 10 heteroatoms. The zero-order valence-corrected chi connectivity index (χ0v) is 17.1. The lowest BCUT2D eigenvalue weighted by Crippen LogP contribution is -2.49. The predicted octanol–water partition coefficient (Wildman–Crippen LogP) is 0.963. The minimum atomic E-state index is -0.146. The average molecular weight is 416 g/mol. The lowest BCUT2D eigenvalue weighted by molar-refractivity contribution is -0.124. The molecule has 1 aliphatic heterocycles. The second-order valence-corrected chi connectivity index (χ2v) is 5.82. The molecule has 2 rings (SSSR count). The maximum absolute atomic E-state index is 11.8. The smallest absolute Gasteiger partial charge is 0.225 e. The maximum Gasteiger partial charge on any atom is 0.225 e. The number of hydrogen-bond acceptors (Lipinski definition) is 6. The molecule has 1 aromatic heterocycles. The van der Waals surface area contributed by atoms with Crippen molar-refractivity contribution in [3.8, 4) is 0 Å². The highest BCUT2D eigenvalue weighted by Gasteiger charge is 2.19. The van der Waals surface area contributed by atoms with Crippen LogP contribution < -0.4 is 16.0 Å². The van der Waals surface area contributed by atoms with Gasteiger partial charge in [-0.25, -0.2) is 9.97 Å². The SMILES string of the molecule is CC(N)C(C)C(=O)NCCN1CCN(c2ncccn2)CC1.Cl.Cl.Cl. The fourth-order valence-electron chi connectivity index (χ4n) is 2.36. The molecule has 2 heterocycles. The van der Waals surface area contributed by atoms with E-state index in [1.807, 2.05) is 19.9 Å². The molecule has 0 radical (unpaired) electrons. The Morgan fingerprint density at radius 1 is 1.16 bits per heavy atom. The molecule has 1 fully saturated rings. The number of amides is 1. The topological polar surface area (TPSA) is 87.4 Å². The van der Waals surface area contributed by atoms with E-state index in [2.05, 4.69) is 25.1 Å². The lowest BCUT2D eigenvalue weighted by atomic mass is 10.0. The number of nitrogens with one attached hydrogen (secondary N) is 1. The first kappa shape index (κ1) is 26.4. The number of anilines is 1. The van der Waals surface area contributed by atoms with Crippen molar-refractivity contribution in [2.45, 2.75) is 19.9 Å². The van der Waals surface area contributed by atoms with Gasteiger partial charge in [-0.2, -0.15) is 0 Å². The van der Waals surface area contributed by atoms with Gasteiger partial charge in [0.05, 0.1) is 0 Å². The quantitative estimate of drug-likeness (QED) is 0.720. The summed E-state index contributed by atoms with van der Waals surface area (Å²) >= 11 is 0. The Labute approximate surface area is 168 Å². The van der Waals surface area contributed by atoms with Crippen LogP contribution in [0.15, 0.2) is 18.5 Å². The number of hydrogen-bond donors (Lipinski definition) is 2. The predicted molar refractivity (Wildman–Crippen MR) is 108 cm³/mol. The Morgan fingerprint density at radius 3 is 2.24 bits per heavy atom. The molecule has 1 aromatic rings. The average Bonchev–Trinajstić information content (AvgIpc) is 2.55. The van der Waals surface area contributed by atoms with E-state index in [4.69, 9.17) is 5.73 Å². The van der Waals surface area contributed by atoms with Gasteiger partial charge in [0.1, 0.15) is 0 Å². The van der Waals surface area contributed by atoms with Crippen molar-refractivity contribution in [1.82, 2.24) is 20.2 Å². The zero-order valence-electron chi connectivity index (χ0n) is 14.6. The second kappa shape index (κ2) is 13.4. The minimum absolute atomic E-state index is 0. The standard InChI is InChI=1S/C15H26N6O.3ClH/c1-12(13(2)16)14(22)17-6-7-20-8-10-21(11-9-20)15-18-4-3-5-19-15;;;/h3-5,12-13H,6-11,16H2,1-2H3,(H,17,22);3*1H. The van der Waals surface area contributed by atoms with Crippen molar-refractivity contribution >= 4 is 49.1 Å². The number of rotatable bonds is 6. The number of nitrogens with zero attached hydrogens (tertiary/aromatic N) is 4. The Hall–Kier alpha value is -0.860. The third-order valence-corrected chi connectivity index (χ3v) is 4.14. The van der Waals surface area contributed by atoms with Crippen LogP contribution in [0.5, 0.6) is 0 Å². The molecule has 2 atom stereocenters. The summed E-state index contributed by atoms with van der Waals surface area (Å²) in [6.45, 7) is 8.97. The lowest BCUT2D eigenvalue weighted by Gasteiger charge is -2.34. The van der Waals surface area contributed by atoms with Gasteiger partial charge < -0.3 is 16.0 Å². The monoisotopic (exact) mass is 414 g/mol. The number of carbonyl (C=O) groups is 1. The molecule has 3 N–H and O–H groups in total. The first-order valence-corrected chi connectivity index (χ1v) is 7.85. The molecule has 0 saturated carbocycles. The maximum atomic E-state index is 11.8. The van der Waals surface area contributed by atoms with Crippen molar-refractivity contribution in [3.63, 3.8) is 0 Å². The summed E-state index contributed by atoms with van der Waals surface area (Å²) in [6.07, 6.45) is 3.54. The van der Waals surface area contributed by atoms with Crippen molar-refractivity contribution in [2.75, 3.05) is 44.2 Å². The highest BCUT2D eigenvalue weighted by atomic mass is 35.5. The first-order chi connectivity index (χ1) is 10.6. The Balaban J connectivity index is 0. The van der Waals surface area contributed by atoms with E-state index in [0.29, 0.717) is 6.54 Å². The fraction of sp³-hybridized carbons (Fsp3) is 0.667. The number of nitrogens with two attached hydrogens (primary N) is 1. The van der Waals surface area contributed by atoms with Gasteiger partial charge in [0.2, 0.25) is 11.9 Å².